The molecule has 32 heavy (non-hydrogen) atoms. The summed E-state index contributed by atoms with van der Waals surface area (Å²) in [5, 5.41) is 22.6. The van der Waals surface area contributed by atoms with Crippen LogP contribution in [-0.4, -0.2) is 63.4 Å². The minimum absolute atomic E-state index is 0. The number of nitrogens with two attached hydrogens (primary N) is 1. The molecule has 1 aliphatic heterocycles. The average molecular weight is 483 g/mol. The van der Waals surface area contributed by atoms with Crippen LogP contribution in [0.3, 0.4) is 0 Å². The van der Waals surface area contributed by atoms with E-state index in [0.717, 1.165) is 12.8 Å². The molecule has 3 heterocycles. The van der Waals surface area contributed by atoms with Gasteiger partial charge < -0.3 is 31.9 Å². The Bertz CT molecular complexity index is 950. The third-order valence-corrected chi connectivity index (χ3v) is 6.15. The zero-order valence-electron chi connectivity index (χ0n) is 19.5. The molecule has 0 saturated carbocycles. The summed E-state index contributed by atoms with van der Waals surface area (Å²) in [5.41, 5.74) is 4.65. The first-order valence-corrected chi connectivity index (χ1v) is 11.9. The summed E-state index contributed by atoms with van der Waals surface area (Å²) < 4.78 is 24.1. The molecule has 0 aromatic carbocycles. The van der Waals surface area contributed by atoms with Crippen LogP contribution in [0.2, 0.25) is 0 Å². The van der Waals surface area contributed by atoms with Gasteiger partial charge >= 0.3 is 37.4 Å². The number of unbranched alkanes of at least 4 members (excludes halogenated alkanes) is 2. The minimum Gasteiger partial charge on any atom is -1.00 e. The molecule has 0 bridgehead atoms. The van der Waals surface area contributed by atoms with Crippen LogP contribution in [-0.2, 0) is 13.8 Å². The number of aliphatic hydroxyl groups excluding tert-OH is 1. The van der Waals surface area contributed by atoms with E-state index < -0.39 is 38.0 Å². The second-order valence-corrected chi connectivity index (χ2v) is 9.04. The monoisotopic (exact) mass is 483 g/mol. The van der Waals surface area contributed by atoms with Crippen LogP contribution in [0.15, 0.2) is 12.7 Å². The van der Waals surface area contributed by atoms with E-state index in [1.54, 1.807) is 0 Å². The number of hydrogen-bond acceptors (Lipinski definition) is 9. The maximum atomic E-state index is 11.6. The van der Waals surface area contributed by atoms with E-state index in [4.69, 9.17) is 15.0 Å². The molecule has 0 aliphatic carbocycles. The minimum atomic E-state index is -4.87. The normalized spacial score (nSPS) is 26.9. The maximum Gasteiger partial charge on any atom is 1.00 e. The topological polar surface area (TPSA) is 186 Å². The fraction of sp³-hybridized carbons (Fsp3) is 0.722. The Morgan fingerprint density at radius 3 is 2.62 bits per heavy atom. The van der Waals surface area contributed by atoms with Crippen molar-refractivity contribution in [1.82, 2.24) is 19.5 Å². The van der Waals surface area contributed by atoms with E-state index in [2.05, 4.69) is 15.0 Å². The predicted molar refractivity (Wildman–Crippen MR) is 112 cm³/mol. The molecule has 3 rings (SSSR count). The molecule has 1 fully saturated rings. The molecule has 2 aromatic rings. The molecular weight excluding hydrogens is 452 g/mol. The number of anilines is 1. The van der Waals surface area contributed by atoms with Gasteiger partial charge in [0.2, 0.25) is 0 Å². The van der Waals surface area contributed by atoms with Crippen molar-refractivity contribution in [2.45, 2.75) is 82.5 Å². The van der Waals surface area contributed by atoms with Crippen LogP contribution in [0.4, 0.5) is 5.82 Å². The predicted octanol–water partition coefficient (Wildman–Crippen LogP) is -1.63. The molecular formula is C18H31N5NaO7P. The van der Waals surface area contributed by atoms with Crippen molar-refractivity contribution in [2.75, 3.05) is 5.73 Å². The fourth-order valence-corrected chi connectivity index (χ4v) is 4.60. The number of ether oxygens (including phenoxy) is 1. The molecule has 0 amide bonds. The van der Waals surface area contributed by atoms with Crippen LogP contribution >= 0.6 is 7.82 Å². The van der Waals surface area contributed by atoms with Crippen molar-refractivity contribution >= 4 is 24.8 Å². The third-order valence-electron chi connectivity index (χ3n) is 5.61. The van der Waals surface area contributed by atoms with Crippen LogP contribution < -0.4 is 35.3 Å². The van der Waals surface area contributed by atoms with Crippen LogP contribution in [0, 0.1) is 0 Å². The van der Waals surface area contributed by atoms with E-state index >= 15 is 0 Å². The van der Waals surface area contributed by atoms with E-state index in [0.29, 0.717) is 24.0 Å². The quantitative estimate of drug-likeness (QED) is 0.193. The summed E-state index contributed by atoms with van der Waals surface area (Å²) in [6.45, 7) is 3.86. The Hall–Kier alpha value is -0.660. The number of hydrogen-bond donors (Lipinski definition) is 5. The molecule has 1 aliphatic rings. The Balaban J connectivity index is 0.00000272. The van der Waals surface area contributed by atoms with Gasteiger partial charge in [0.15, 0.2) is 17.7 Å². The molecule has 12 nitrogen and oxygen atoms in total. The van der Waals surface area contributed by atoms with Crippen molar-refractivity contribution in [3.05, 3.63) is 12.7 Å². The molecule has 6 N–H and O–H groups in total. The van der Waals surface area contributed by atoms with E-state index in [9.17, 15) is 24.6 Å². The van der Waals surface area contributed by atoms with E-state index in [-0.39, 0.29) is 49.6 Å². The summed E-state index contributed by atoms with van der Waals surface area (Å²) in [7, 11) is -4.87. The molecule has 2 aromatic heterocycles. The number of imidazole rings is 1. The Labute approximate surface area is 209 Å². The zero-order valence-corrected chi connectivity index (χ0v) is 21.4. The van der Waals surface area contributed by atoms with Crippen molar-refractivity contribution in [1.29, 1.82) is 0 Å². The molecule has 0 radical (unpaired) electrons. The third kappa shape index (κ3) is 5.69. The molecule has 1 saturated heterocycles. The zero-order chi connectivity index (χ0) is 22.8. The molecule has 14 heteroatoms. The fourth-order valence-electron chi connectivity index (χ4n) is 4.03. The number of aliphatic hydroxyl groups is 2. The van der Waals surface area contributed by atoms with Crippen molar-refractivity contribution in [3.63, 3.8) is 0 Å². The van der Waals surface area contributed by atoms with Gasteiger partial charge in [-0.15, -0.1) is 0 Å². The van der Waals surface area contributed by atoms with Gasteiger partial charge in [-0.1, -0.05) is 39.5 Å². The SMILES string of the molecule is CCCC[C@@H](OP(=O)(O)O)[C@H]1O[C@@H](n2cnc3c(N)ncnc32)[C@H](O)[C@@]1(O)CCCC.[H-].[Na+]. The van der Waals surface area contributed by atoms with Crippen molar-refractivity contribution in [3.8, 4) is 0 Å². The van der Waals surface area contributed by atoms with E-state index in [1.165, 1.54) is 17.2 Å². The second-order valence-electron chi connectivity index (χ2n) is 7.85. The first kappa shape index (κ1) is 27.6. The smallest absolute Gasteiger partial charge is 1.00 e. The standard InChI is InChI=1S/C18H30N5O7P.Na.H/c1-3-5-7-11(30-31(26,27)28)14-18(25,8-6-4-2)13(24)17(29-14)23-10-22-12-15(19)20-9-21-16(12)23;;/h9-11,13-14,17,24-25H,3-8H2,1-2H3,(H2,19,20,21)(H2,26,27,28);;/q;+1;-1/t11-,13+,14-,17-,18+;;/m1../s1. The van der Waals surface area contributed by atoms with Crippen molar-refractivity contribution in [2.24, 2.45) is 0 Å². The summed E-state index contributed by atoms with van der Waals surface area (Å²) in [6.07, 6.45) is 0.796. The summed E-state index contributed by atoms with van der Waals surface area (Å²) in [6, 6.07) is 0. The van der Waals surface area contributed by atoms with Gasteiger partial charge in [0, 0.05) is 0 Å². The van der Waals surface area contributed by atoms with Gasteiger partial charge in [-0.25, -0.2) is 19.5 Å². The number of phosphoric acid groups is 1. The van der Waals surface area contributed by atoms with Crippen molar-refractivity contribution < 1.29 is 64.8 Å². The first-order chi connectivity index (χ1) is 14.6. The number of rotatable bonds is 10. The largest absolute Gasteiger partial charge is 1.00 e. The van der Waals surface area contributed by atoms with Crippen LogP contribution in [0.5, 0.6) is 0 Å². The summed E-state index contributed by atoms with van der Waals surface area (Å²) in [5.74, 6) is 0.152. The molecule has 176 valence electrons. The second kappa shape index (κ2) is 11.2. The Kier molecular flexibility index (Phi) is 9.63. The number of phosphoric ester groups is 1. The first-order valence-electron chi connectivity index (χ1n) is 10.3. The number of fused-ring (bicyclic) bond motifs is 1. The Morgan fingerprint density at radius 2 is 2.00 bits per heavy atom. The van der Waals surface area contributed by atoms with E-state index in [1.807, 2.05) is 13.8 Å². The van der Waals surface area contributed by atoms with Gasteiger partial charge in [-0.2, -0.15) is 0 Å². The average Bonchev–Trinajstić information content (AvgIpc) is 3.24. The van der Waals surface area contributed by atoms with Gasteiger partial charge in [0.05, 0.1) is 12.4 Å². The Morgan fingerprint density at radius 1 is 1.31 bits per heavy atom. The number of nitrogens with zero attached hydrogens (tertiary/aromatic N) is 4. The molecule has 5 atom stereocenters. The molecule has 0 unspecified atom stereocenters. The van der Waals surface area contributed by atoms with Gasteiger partial charge in [-0.05, 0) is 12.8 Å². The summed E-state index contributed by atoms with van der Waals surface area (Å²) in [4.78, 5) is 31.1. The molecule has 0 spiro atoms. The van der Waals surface area contributed by atoms with Gasteiger partial charge in [0.25, 0.3) is 0 Å². The van der Waals surface area contributed by atoms with Crippen LogP contribution in [0.25, 0.3) is 11.2 Å². The number of nitrogen functional groups attached to an aromatic ring is 1. The number of aromatic nitrogens is 4. The van der Waals surface area contributed by atoms with Gasteiger partial charge in [0.1, 0.15) is 29.7 Å². The maximum absolute atomic E-state index is 11.6. The van der Waals surface area contributed by atoms with Gasteiger partial charge in [-0.3, -0.25) is 9.09 Å². The van der Waals surface area contributed by atoms with Crippen LogP contribution in [0.1, 0.15) is 60.0 Å². The summed E-state index contributed by atoms with van der Waals surface area (Å²) >= 11 is 0.